The van der Waals surface area contributed by atoms with Crippen LogP contribution in [0.4, 0.5) is 5.69 Å². The monoisotopic (exact) mass is 378 g/mol. The van der Waals surface area contributed by atoms with Crippen molar-refractivity contribution in [1.82, 2.24) is 5.32 Å². The third-order valence-corrected chi connectivity index (χ3v) is 4.41. The van der Waals surface area contributed by atoms with E-state index in [9.17, 15) is 9.59 Å². The summed E-state index contributed by atoms with van der Waals surface area (Å²) in [6.45, 7) is 0. The zero-order valence-corrected chi connectivity index (χ0v) is 15.5. The van der Waals surface area contributed by atoms with Crippen LogP contribution in [0.25, 0.3) is 6.08 Å². The van der Waals surface area contributed by atoms with E-state index >= 15 is 0 Å². The van der Waals surface area contributed by atoms with Gasteiger partial charge in [-0.15, -0.1) is 11.8 Å². The third kappa shape index (κ3) is 5.12. The zero-order chi connectivity index (χ0) is 19.1. The molecule has 0 fully saturated rings. The molecule has 1 heterocycles. The Hall–Kier alpha value is -3.25. The van der Waals surface area contributed by atoms with Crippen LogP contribution < -0.4 is 10.6 Å². The molecule has 2 amide bonds. The van der Waals surface area contributed by atoms with Crippen LogP contribution in [0, 0.1) is 0 Å². The summed E-state index contributed by atoms with van der Waals surface area (Å²) in [4.78, 5) is 26.3. The van der Waals surface area contributed by atoms with Gasteiger partial charge in [0.1, 0.15) is 11.5 Å². The lowest BCUT2D eigenvalue weighted by Gasteiger charge is -2.11. The molecule has 3 aromatic rings. The minimum Gasteiger partial charge on any atom is -0.465 e. The van der Waals surface area contributed by atoms with E-state index < -0.39 is 5.91 Å². The Kier molecular flexibility index (Phi) is 6.12. The van der Waals surface area contributed by atoms with Gasteiger partial charge in [-0.2, -0.15) is 0 Å². The quantitative estimate of drug-likeness (QED) is 0.492. The van der Waals surface area contributed by atoms with Crippen molar-refractivity contribution in [2.45, 2.75) is 4.90 Å². The first-order chi connectivity index (χ1) is 13.2. The number of hydrogen-bond donors (Lipinski definition) is 2. The highest BCUT2D eigenvalue weighted by Crippen LogP contribution is 2.19. The highest BCUT2D eigenvalue weighted by molar-refractivity contribution is 7.98. The second-order valence-corrected chi connectivity index (χ2v) is 6.46. The standard InChI is InChI=1S/C21H18N2O3S/c1-27-18-11-5-9-16(13-18)22-21(25)19(14-17-10-6-12-26-17)23-20(24)15-7-3-2-4-8-15/h2-14H,1H3,(H,22,25)(H,23,24)/b19-14-. The smallest absolute Gasteiger partial charge is 0.272 e. The van der Waals surface area contributed by atoms with Gasteiger partial charge in [-0.1, -0.05) is 24.3 Å². The molecule has 0 spiro atoms. The lowest BCUT2D eigenvalue weighted by molar-refractivity contribution is -0.113. The Morgan fingerprint density at radius 1 is 1.00 bits per heavy atom. The maximum atomic E-state index is 12.8. The molecule has 6 heteroatoms. The van der Waals surface area contributed by atoms with Crippen molar-refractivity contribution < 1.29 is 14.0 Å². The number of hydrogen-bond acceptors (Lipinski definition) is 4. The average molecular weight is 378 g/mol. The molecular formula is C21H18N2O3S. The number of amides is 2. The maximum Gasteiger partial charge on any atom is 0.272 e. The first-order valence-electron chi connectivity index (χ1n) is 8.23. The number of anilines is 1. The molecule has 27 heavy (non-hydrogen) atoms. The summed E-state index contributed by atoms with van der Waals surface area (Å²) < 4.78 is 5.28. The third-order valence-electron chi connectivity index (χ3n) is 3.69. The Morgan fingerprint density at radius 3 is 2.52 bits per heavy atom. The van der Waals surface area contributed by atoms with Gasteiger partial charge in [-0.25, -0.2) is 0 Å². The van der Waals surface area contributed by atoms with Gasteiger partial charge in [0.15, 0.2) is 0 Å². The van der Waals surface area contributed by atoms with Gasteiger partial charge in [0.25, 0.3) is 11.8 Å². The second kappa shape index (κ2) is 8.91. The number of nitrogens with one attached hydrogen (secondary N) is 2. The summed E-state index contributed by atoms with van der Waals surface area (Å²) in [7, 11) is 0. The van der Waals surface area contributed by atoms with Crippen LogP contribution in [0.2, 0.25) is 0 Å². The summed E-state index contributed by atoms with van der Waals surface area (Å²) in [6.07, 6.45) is 4.96. The van der Waals surface area contributed by atoms with Gasteiger partial charge in [0.2, 0.25) is 0 Å². The van der Waals surface area contributed by atoms with E-state index in [2.05, 4.69) is 10.6 Å². The van der Waals surface area contributed by atoms with Crippen LogP contribution in [0.1, 0.15) is 16.1 Å². The van der Waals surface area contributed by atoms with Crippen LogP contribution in [0.3, 0.4) is 0 Å². The summed E-state index contributed by atoms with van der Waals surface area (Å²) in [5.74, 6) is -0.346. The van der Waals surface area contributed by atoms with Gasteiger partial charge in [-0.05, 0) is 48.7 Å². The zero-order valence-electron chi connectivity index (χ0n) is 14.6. The molecule has 3 rings (SSSR count). The van der Waals surface area contributed by atoms with Crippen molar-refractivity contribution in [1.29, 1.82) is 0 Å². The first-order valence-corrected chi connectivity index (χ1v) is 9.45. The molecule has 0 saturated carbocycles. The second-order valence-electron chi connectivity index (χ2n) is 5.58. The van der Waals surface area contributed by atoms with Gasteiger partial charge in [0.05, 0.1) is 6.26 Å². The number of carbonyl (C=O) groups excluding carboxylic acids is 2. The number of rotatable bonds is 6. The van der Waals surface area contributed by atoms with Crippen molar-refractivity contribution in [2.75, 3.05) is 11.6 Å². The van der Waals surface area contributed by atoms with E-state index in [0.717, 1.165) is 4.90 Å². The van der Waals surface area contributed by atoms with Crippen LogP contribution in [0.15, 0.2) is 88.0 Å². The molecule has 0 radical (unpaired) electrons. The minimum atomic E-state index is -0.436. The molecule has 0 unspecified atom stereocenters. The number of benzene rings is 2. The highest BCUT2D eigenvalue weighted by Gasteiger charge is 2.15. The van der Waals surface area contributed by atoms with E-state index in [-0.39, 0.29) is 11.6 Å². The highest BCUT2D eigenvalue weighted by atomic mass is 32.2. The largest absolute Gasteiger partial charge is 0.465 e. The molecule has 2 aromatic carbocycles. The van der Waals surface area contributed by atoms with Crippen LogP contribution in [-0.2, 0) is 4.79 Å². The number of thioether (sulfide) groups is 1. The molecule has 0 saturated heterocycles. The fourth-order valence-electron chi connectivity index (χ4n) is 2.36. The minimum absolute atomic E-state index is 0.0911. The van der Waals surface area contributed by atoms with Crippen molar-refractivity contribution in [3.63, 3.8) is 0 Å². The molecule has 0 aliphatic carbocycles. The average Bonchev–Trinajstić information content (AvgIpc) is 3.21. The fraction of sp³-hybridized carbons (Fsp3) is 0.0476. The lowest BCUT2D eigenvalue weighted by atomic mass is 10.2. The van der Waals surface area contributed by atoms with Gasteiger partial charge >= 0.3 is 0 Å². The Balaban J connectivity index is 1.83. The molecule has 0 aliphatic heterocycles. The molecule has 2 N–H and O–H groups in total. The van der Waals surface area contributed by atoms with Crippen LogP contribution in [-0.4, -0.2) is 18.1 Å². The molecule has 0 bridgehead atoms. The van der Waals surface area contributed by atoms with Crippen molar-refractivity contribution in [3.05, 3.63) is 90.0 Å². The predicted octanol–water partition coefficient (Wildman–Crippen LogP) is 4.41. The van der Waals surface area contributed by atoms with Gasteiger partial charge < -0.3 is 15.1 Å². The fourth-order valence-corrected chi connectivity index (χ4v) is 2.82. The van der Waals surface area contributed by atoms with E-state index in [1.54, 1.807) is 54.2 Å². The van der Waals surface area contributed by atoms with E-state index in [4.69, 9.17) is 4.42 Å². The number of furan rings is 1. The Labute approximate surface area is 161 Å². The maximum absolute atomic E-state index is 12.8. The topological polar surface area (TPSA) is 71.3 Å². The van der Waals surface area contributed by atoms with Crippen molar-refractivity contribution >= 4 is 35.3 Å². The van der Waals surface area contributed by atoms with Gasteiger partial charge in [-0.3, -0.25) is 9.59 Å². The normalized spacial score (nSPS) is 11.1. The summed E-state index contributed by atoms with van der Waals surface area (Å²) in [6, 6.07) is 19.6. The van der Waals surface area contributed by atoms with E-state index in [0.29, 0.717) is 17.0 Å². The van der Waals surface area contributed by atoms with Crippen molar-refractivity contribution in [3.8, 4) is 0 Å². The summed E-state index contributed by atoms with van der Waals surface area (Å²) in [5.41, 5.74) is 1.19. The molecule has 136 valence electrons. The van der Waals surface area contributed by atoms with E-state index in [1.807, 2.05) is 30.5 Å². The molecular weight excluding hydrogens is 360 g/mol. The summed E-state index contributed by atoms with van der Waals surface area (Å²) in [5, 5.41) is 5.47. The first kappa shape index (κ1) is 18.5. The van der Waals surface area contributed by atoms with Crippen LogP contribution in [0.5, 0.6) is 0 Å². The van der Waals surface area contributed by atoms with Gasteiger partial charge in [0, 0.05) is 22.2 Å². The molecule has 0 aliphatic rings. The Morgan fingerprint density at radius 2 is 1.81 bits per heavy atom. The lowest BCUT2D eigenvalue weighted by Crippen LogP contribution is -2.30. The van der Waals surface area contributed by atoms with E-state index in [1.165, 1.54) is 12.3 Å². The predicted molar refractivity (Wildman–Crippen MR) is 107 cm³/mol. The molecule has 1 aromatic heterocycles. The van der Waals surface area contributed by atoms with Crippen LogP contribution >= 0.6 is 11.8 Å². The molecule has 5 nitrogen and oxygen atoms in total. The molecule has 0 atom stereocenters. The summed E-state index contributed by atoms with van der Waals surface area (Å²) >= 11 is 1.58. The van der Waals surface area contributed by atoms with Crippen molar-refractivity contribution in [2.24, 2.45) is 0 Å². The SMILES string of the molecule is CSc1cccc(NC(=O)/C(=C/c2ccco2)NC(=O)c2ccccc2)c1. The Bertz CT molecular complexity index is 951. The number of carbonyl (C=O) groups is 2.